The number of aromatic nitrogens is 1. The highest BCUT2D eigenvalue weighted by Gasteiger charge is 2.25. The van der Waals surface area contributed by atoms with Gasteiger partial charge in [-0.3, -0.25) is 0 Å². The first-order chi connectivity index (χ1) is 12.8. The Kier molecular flexibility index (Phi) is 4.52. The molecule has 0 radical (unpaired) electrons. The van der Waals surface area contributed by atoms with Gasteiger partial charge in [-0.05, 0) is 36.2 Å². The number of benzene rings is 2. The van der Waals surface area contributed by atoms with Crippen molar-refractivity contribution >= 4 is 5.69 Å². The quantitative estimate of drug-likeness (QED) is 0.684. The average Bonchev–Trinajstić information content (AvgIpc) is 3.39. The van der Waals surface area contributed by atoms with Crippen LogP contribution in [0.25, 0.3) is 11.3 Å². The number of hydrogen-bond acceptors (Lipinski definition) is 5. The molecule has 0 spiro atoms. The number of hydrogen-bond donors (Lipinski definition) is 0. The van der Waals surface area contributed by atoms with Crippen molar-refractivity contribution in [2.45, 2.75) is 12.3 Å². The number of nitrogens with zero attached hydrogens (tertiary/aromatic N) is 2. The van der Waals surface area contributed by atoms with Gasteiger partial charge in [0.1, 0.15) is 11.5 Å². The maximum absolute atomic E-state index is 5.58. The predicted molar refractivity (Wildman–Crippen MR) is 101 cm³/mol. The molecule has 1 fully saturated rings. The summed E-state index contributed by atoms with van der Waals surface area (Å²) < 4.78 is 16.3. The zero-order chi connectivity index (χ0) is 17.9. The lowest BCUT2D eigenvalue weighted by atomic mass is 9.98. The molecular formula is C21H22N2O3. The molecule has 1 atom stereocenters. The molecule has 2 aromatic carbocycles. The van der Waals surface area contributed by atoms with Crippen molar-refractivity contribution in [2.75, 3.05) is 32.2 Å². The van der Waals surface area contributed by atoms with Crippen LogP contribution >= 0.6 is 0 Å². The molecule has 0 amide bonds. The van der Waals surface area contributed by atoms with Crippen LogP contribution in [-0.2, 0) is 0 Å². The topological polar surface area (TPSA) is 47.7 Å². The number of anilines is 1. The fourth-order valence-electron chi connectivity index (χ4n) is 3.59. The zero-order valence-corrected chi connectivity index (χ0v) is 15.0. The van der Waals surface area contributed by atoms with Crippen LogP contribution in [0.15, 0.2) is 59.5 Å². The Labute approximate surface area is 153 Å². The molecule has 1 aliphatic heterocycles. The lowest BCUT2D eigenvalue weighted by Crippen LogP contribution is -2.19. The fraction of sp³-hybridized carbons (Fsp3) is 0.286. The SMILES string of the molecule is COc1cccc(C2CCN(c3ccc(-c4cnco4)c(OC)c3)C2)c1. The van der Waals surface area contributed by atoms with Crippen molar-refractivity contribution in [3.05, 3.63) is 60.6 Å². The first-order valence-electron chi connectivity index (χ1n) is 8.74. The smallest absolute Gasteiger partial charge is 0.181 e. The van der Waals surface area contributed by atoms with Gasteiger partial charge in [-0.2, -0.15) is 0 Å². The van der Waals surface area contributed by atoms with Gasteiger partial charge in [-0.15, -0.1) is 0 Å². The van der Waals surface area contributed by atoms with Crippen molar-refractivity contribution in [1.82, 2.24) is 4.98 Å². The summed E-state index contributed by atoms with van der Waals surface area (Å²) in [6, 6.07) is 14.6. The number of rotatable bonds is 5. The van der Waals surface area contributed by atoms with E-state index in [0.717, 1.165) is 42.3 Å². The van der Waals surface area contributed by atoms with Gasteiger partial charge in [-0.1, -0.05) is 12.1 Å². The monoisotopic (exact) mass is 350 g/mol. The molecule has 4 rings (SSSR count). The second-order valence-corrected chi connectivity index (χ2v) is 6.46. The van der Waals surface area contributed by atoms with E-state index in [1.54, 1.807) is 20.4 Å². The van der Waals surface area contributed by atoms with Gasteiger partial charge < -0.3 is 18.8 Å². The molecule has 0 N–H and O–H groups in total. The first-order valence-corrected chi connectivity index (χ1v) is 8.74. The van der Waals surface area contributed by atoms with Crippen molar-refractivity contribution in [2.24, 2.45) is 0 Å². The van der Waals surface area contributed by atoms with E-state index in [2.05, 4.69) is 40.2 Å². The predicted octanol–water partition coefficient (Wildman–Crippen LogP) is 4.35. The molecule has 1 unspecified atom stereocenters. The van der Waals surface area contributed by atoms with Crippen molar-refractivity contribution < 1.29 is 13.9 Å². The van der Waals surface area contributed by atoms with E-state index in [4.69, 9.17) is 13.9 Å². The fourth-order valence-corrected chi connectivity index (χ4v) is 3.59. The summed E-state index contributed by atoms with van der Waals surface area (Å²) in [6.45, 7) is 2.00. The van der Waals surface area contributed by atoms with E-state index < -0.39 is 0 Å². The van der Waals surface area contributed by atoms with Crippen LogP contribution in [0.1, 0.15) is 17.9 Å². The maximum atomic E-state index is 5.58. The Hall–Kier alpha value is -2.95. The number of ether oxygens (including phenoxy) is 2. The third-order valence-corrected chi connectivity index (χ3v) is 5.00. The molecule has 0 aliphatic carbocycles. The second kappa shape index (κ2) is 7.12. The van der Waals surface area contributed by atoms with Gasteiger partial charge in [0.15, 0.2) is 12.2 Å². The molecular weight excluding hydrogens is 328 g/mol. The summed E-state index contributed by atoms with van der Waals surface area (Å²) in [5.41, 5.74) is 3.41. The normalized spacial score (nSPS) is 16.7. The standard InChI is InChI=1S/C21H22N2O3/c1-24-18-5-3-4-15(10-18)16-8-9-23(13-16)17-6-7-19(20(11-17)25-2)21-12-22-14-26-21/h3-7,10-12,14,16H,8-9,13H2,1-2H3. The molecule has 0 saturated carbocycles. The van der Waals surface area contributed by atoms with Crippen LogP contribution in [0, 0.1) is 0 Å². The van der Waals surface area contributed by atoms with E-state index in [1.165, 1.54) is 12.0 Å². The van der Waals surface area contributed by atoms with E-state index in [0.29, 0.717) is 11.7 Å². The Morgan fingerprint density at radius 1 is 1.12 bits per heavy atom. The van der Waals surface area contributed by atoms with E-state index >= 15 is 0 Å². The van der Waals surface area contributed by atoms with Crippen LogP contribution in [-0.4, -0.2) is 32.3 Å². The minimum Gasteiger partial charge on any atom is -0.497 e. The van der Waals surface area contributed by atoms with E-state index in [9.17, 15) is 0 Å². The van der Waals surface area contributed by atoms with Crippen LogP contribution in [0.3, 0.4) is 0 Å². The number of oxazole rings is 1. The molecule has 26 heavy (non-hydrogen) atoms. The van der Waals surface area contributed by atoms with Crippen LogP contribution in [0.4, 0.5) is 5.69 Å². The summed E-state index contributed by atoms with van der Waals surface area (Å²) in [4.78, 5) is 6.39. The summed E-state index contributed by atoms with van der Waals surface area (Å²) in [5.74, 6) is 2.93. The van der Waals surface area contributed by atoms with Gasteiger partial charge >= 0.3 is 0 Å². The minimum absolute atomic E-state index is 0.505. The van der Waals surface area contributed by atoms with Gasteiger partial charge in [0.05, 0.1) is 26.0 Å². The van der Waals surface area contributed by atoms with Crippen LogP contribution in [0.5, 0.6) is 11.5 Å². The Morgan fingerprint density at radius 3 is 2.81 bits per heavy atom. The molecule has 2 heterocycles. The lowest BCUT2D eigenvalue weighted by molar-refractivity contribution is 0.414. The molecule has 1 aliphatic rings. The lowest BCUT2D eigenvalue weighted by Gasteiger charge is -2.20. The largest absolute Gasteiger partial charge is 0.497 e. The third kappa shape index (κ3) is 3.12. The highest BCUT2D eigenvalue weighted by atomic mass is 16.5. The van der Waals surface area contributed by atoms with Crippen molar-refractivity contribution in [3.63, 3.8) is 0 Å². The Morgan fingerprint density at radius 2 is 2.04 bits per heavy atom. The van der Waals surface area contributed by atoms with Crippen molar-refractivity contribution in [1.29, 1.82) is 0 Å². The molecule has 0 bridgehead atoms. The zero-order valence-electron chi connectivity index (χ0n) is 15.0. The van der Waals surface area contributed by atoms with Gasteiger partial charge in [-0.25, -0.2) is 4.98 Å². The second-order valence-electron chi connectivity index (χ2n) is 6.46. The summed E-state index contributed by atoms with van der Waals surface area (Å²) in [6.07, 6.45) is 4.26. The molecule has 134 valence electrons. The van der Waals surface area contributed by atoms with Gasteiger partial charge in [0, 0.05) is 30.8 Å². The van der Waals surface area contributed by atoms with Crippen molar-refractivity contribution in [3.8, 4) is 22.8 Å². The first kappa shape index (κ1) is 16.5. The van der Waals surface area contributed by atoms with Gasteiger partial charge in [0.25, 0.3) is 0 Å². The summed E-state index contributed by atoms with van der Waals surface area (Å²) >= 11 is 0. The maximum Gasteiger partial charge on any atom is 0.181 e. The Bertz CT molecular complexity index is 877. The van der Waals surface area contributed by atoms with Crippen LogP contribution in [0.2, 0.25) is 0 Å². The van der Waals surface area contributed by atoms with E-state index in [-0.39, 0.29) is 0 Å². The molecule has 1 aromatic heterocycles. The molecule has 5 heteroatoms. The summed E-state index contributed by atoms with van der Waals surface area (Å²) in [7, 11) is 3.39. The third-order valence-electron chi connectivity index (χ3n) is 5.00. The highest BCUT2D eigenvalue weighted by molar-refractivity contribution is 5.70. The molecule has 3 aromatic rings. The average molecular weight is 350 g/mol. The Balaban J connectivity index is 1.55. The van der Waals surface area contributed by atoms with Gasteiger partial charge in [0.2, 0.25) is 0 Å². The molecule has 5 nitrogen and oxygen atoms in total. The minimum atomic E-state index is 0.505. The highest BCUT2D eigenvalue weighted by Crippen LogP contribution is 2.37. The summed E-state index contributed by atoms with van der Waals surface area (Å²) in [5, 5.41) is 0. The molecule has 1 saturated heterocycles. The number of methoxy groups -OCH3 is 2. The van der Waals surface area contributed by atoms with Crippen LogP contribution < -0.4 is 14.4 Å². The van der Waals surface area contributed by atoms with E-state index in [1.807, 2.05) is 12.1 Å².